The van der Waals surface area contributed by atoms with E-state index in [2.05, 4.69) is 9.51 Å². The standard InChI is InChI=1S/C22H16F6N3O6P/c1-2-20(37-38(34,35)31(21(23,24)25)22(26,27)28)14-8-16-17-12(7-11-5-3-4-6-15(11)29-17)9-30(16)18(32)13(14)10-36-19(20)33/h3-8H,2,9-10H2,1H3,(H,34,35)/t20-/m0/s1. The number of esters is 1. The quantitative estimate of drug-likeness (QED) is 0.167. The average molecular weight is 563 g/mol. The Labute approximate surface area is 208 Å². The van der Waals surface area contributed by atoms with Crippen LogP contribution in [0.25, 0.3) is 22.3 Å². The monoisotopic (exact) mass is 563 g/mol. The molecule has 0 bridgehead atoms. The summed E-state index contributed by atoms with van der Waals surface area (Å²) in [6.45, 7) is 0.478. The predicted octanol–water partition coefficient (Wildman–Crippen LogP) is 4.55. The van der Waals surface area contributed by atoms with Crippen LogP contribution in [0.2, 0.25) is 0 Å². The molecule has 0 saturated carbocycles. The zero-order valence-corrected chi connectivity index (χ0v) is 20.0. The first-order valence-electron chi connectivity index (χ1n) is 10.9. The highest BCUT2D eigenvalue weighted by Gasteiger charge is 2.66. The smallest absolute Gasteiger partial charge is 0.458 e. The number of halogens is 6. The second-order valence-corrected chi connectivity index (χ2v) is 10.2. The van der Waals surface area contributed by atoms with Gasteiger partial charge in [-0.15, -0.1) is 0 Å². The van der Waals surface area contributed by atoms with Gasteiger partial charge in [-0.25, -0.2) is 14.3 Å². The highest BCUT2D eigenvalue weighted by Crippen LogP contribution is 2.62. The molecule has 2 aliphatic heterocycles. The minimum atomic E-state index is -6.86. The summed E-state index contributed by atoms with van der Waals surface area (Å²) < 4.78 is 100. The summed E-state index contributed by atoms with van der Waals surface area (Å²) >= 11 is 0. The van der Waals surface area contributed by atoms with Crippen molar-refractivity contribution in [2.24, 2.45) is 0 Å². The number of carbonyl (C=O) groups is 1. The zero-order valence-electron chi connectivity index (χ0n) is 19.1. The SMILES string of the molecule is CC[C@@]1(OP(=O)(O)N(C(F)(F)F)C(F)(F)F)C(=O)OCc2c1cc1n(c2=O)Cc2cc3ccccc3nc2-1. The van der Waals surface area contributed by atoms with Crippen LogP contribution in [0, 0.1) is 0 Å². The molecule has 1 unspecified atom stereocenters. The molecule has 4 heterocycles. The Bertz CT molecular complexity index is 1590. The molecule has 0 aliphatic carbocycles. The van der Waals surface area contributed by atoms with E-state index < -0.39 is 60.7 Å². The number of rotatable bonds is 4. The molecule has 2 atom stereocenters. The Morgan fingerprint density at radius 1 is 1.16 bits per heavy atom. The van der Waals surface area contributed by atoms with Crippen LogP contribution in [-0.2, 0) is 37.4 Å². The largest absolute Gasteiger partial charge is 0.476 e. The summed E-state index contributed by atoms with van der Waals surface area (Å²) in [7, 11) is -6.86. The van der Waals surface area contributed by atoms with Gasteiger partial charge in [0.1, 0.15) is 6.61 Å². The van der Waals surface area contributed by atoms with E-state index in [1.807, 2.05) is 0 Å². The van der Waals surface area contributed by atoms with Gasteiger partial charge in [-0.3, -0.25) is 9.32 Å². The maximum atomic E-state index is 13.4. The van der Waals surface area contributed by atoms with Crippen molar-refractivity contribution in [1.82, 2.24) is 14.2 Å². The van der Waals surface area contributed by atoms with E-state index >= 15 is 0 Å². The number of hydrogen-bond donors (Lipinski definition) is 1. The first-order chi connectivity index (χ1) is 17.6. The fourth-order valence-corrected chi connectivity index (χ4v) is 6.10. The van der Waals surface area contributed by atoms with Crippen molar-refractivity contribution in [3.8, 4) is 11.4 Å². The maximum absolute atomic E-state index is 13.4. The number of hydrogen-bond acceptors (Lipinski definition) is 6. The Morgan fingerprint density at radius 3 is 2.45 bits per heavy atom. The second kappa shape index (κ2) is 8.37. The van der Waals surface area contributed by atoms with Gasteiger partial charge in [0.2, 0.25) is 5.60 Å². The third-order valence-electron chi connectivity index (χ3n) is 6.39. The average Bonchev–Trinajstić information content (AvgIpc) is 3.15. The summed E-state index contributed by atoms with van der Waals surface area (Å²) in [6, 6.07) is 9.89. The van der Waals surface area contributed by atoms with Crippen LogP contribution in [0.15, 0.2) is 41.2 Å². The zero-order chi connectivity index (χ0) is 27.8. The summed E-state index contributed by atoms with van der Waals surface area (Å²) in [5.74, 6) is -1.53. The molecule has 2 aliphatic rings. The van der Waals surface area contributed by atoms with Crippen molar-refractivity contribution in [2.75, 3.05) is 0 Å². The van der Waals surface area contributed by atoms with Crippen molar-refractivity contribution < 1.29 is 49.9 Å². The van der Waals surface area contributed by atoms with Crippen molar-refractivity contribution in [2.45, 2.75) is 44.7 Å². The number of aromatic nitrogens is 2. The van der Waals surface area contributed by atoms with Crippen molar-refractivity contribution in [1.29, 1.82) is 0 Å². The van der Waals surface area contributed by atoms with Crippen LogP contribution in [0.3, 0.4) is 0 Å². The number of ether oxygens (including phenoxy) is 1. The molecule has 16 heteroatoms. The number of nitrogens with zero attached hydrogens (tertiary/aromatic N) is 3. The minimum Gasteiger partial charge on any atom is -0.458 e. The summed E-state index contributed by atoms with van der Waals surface area (Å²) in [4.78, 5) is 40.8. The highest BCUT2D eigenvalue weighted by molar-refractivity contribution is 7.50. The van der Waals surface area contributed by atoms with E-state index in [9.17, 15) is 45.4 Å². The number of benzene rings is 1. The Hall–Kier alpha value is -3.26. The van der Waals surface area contributed by atoms with E-state index in [1.165, 1.54) is 4.57 Å². The van der Waals surface area contributed by atoms with Gasteiger partial charge in [0.15, 0.2) is 0 Å². The van der Waals surface area contributed by atoms with E-state index in [0.29, 0.717) is 11.1 Å². The number of alkyl halides is 6. The fourth-order valence-electron chi connectivity index (χ4n) is 4.74. The third-order valence-corrected chi connectivity index (χ3v) is 7.90. The van der Waals surface area contributed by atoms with Gasteiger partial charge in [-0.2, -0.15) is 26.3 Å². The first-order valence-corrected chi connectivity index (χ1v) is 12.4. The topological polar surface area (TPSA) is 111 Å². The van der Waals surface area contributed by atoms with E-state index in [-0.39, 0.29) is 23.5 Å². The normalized spacial score (nSPS) is 20.6. The molecule has 202 valence electrons. The molecule has 38 heavy (non-hydrogen) atoms. The lowest BCUT2D eigenvalue weighted by Crippen LogP contribution is -2.50. The van der Waals surface area contributed by atoms with Gasteiger partial charge in [0.05, 0.1) is 29.0 Å². The van der Waals surface area contributed by atoms with E-state index in [0.717, 1.165) is 18.4 Å². The van der Waals surface area contributed by atoms with Crippen molar-refractivity contribution in [3.63, 3.8) is 0 Å². The van der Waals surface area contributed by atoms with Gasteiger partial charge in [0.25, 0.3) is 5.56 Å². The molecule has 0 spiro atoms. The molecule has 0 fully saturated rings. The molecule has 1 aromatic carbocycles. The van der Waals surface area contributed by atoms with Crippen LogP contribution in [0.1, 0.15) is 30.0 Å². The minimum absolute atomic E-state index is 0.0387. The molecule has 5 rings (SSSR count). The van der Waals surface area contributed by atoms with Crippen molar-refractivity contribution >= 4 is 24.6 Å². The molecular formula is C22H16F6N3O6P. The highest BCUT2D eigenvalue weighted by atomic mass is 31.2. The van der Waals surface area contributed by atoms with Crippen LogP contribution < -0.4 is 5.56 Å². The second-order valence-electron chi connectivity index (χ2n) is 8.59. The fraction of sp³-hybridized carbons (Fsp3) is 0.318. The lowest BCUT2D eigenvalue weighted by atomic mass is 9.86. The Morgan fingerprint density at radius 2 is 1.82 bits per heavy atom. The molecule has 0 saturated heterocycles. The predicted molar refractivity (Wildman–Crippen MR) is 117 cm³/mol. The van der Waals surface area contributed by atoms with Gasteiger partial charge >= 0.3 is 26.3 Å². The maximum Gasteiger partial charge on any atom is 0.476 e. The van der Waals surface area contributed by atoms with Crippen LogP contribution in [0.5, 0.6) is 0 Å². The number of cyclic esters (lactones) is 1. The van der Waals surface area contributed by atoms with Gasteiger partial charge in [-0.05, 0) is 29.3 Å². The van der Waals surface area contributed by atoms with Crippen molar-refractivity contribution in [3.05, 3.63) is 63.4 Å². The number of carbonyl (C=O) groups excluding carboxylic acids is 1. The Balaban J connectivity index is 1.71. The lowest BCUT2D eigenvalue weighted by Gasteiger charge is -2.39. The van der Waals surface area contributed by atoms with E-state index in [4.69, 9.17) is 4.74 Å². The summed E-state index contributed by atoms with van der Waals surface area (Å²) in [6.07, 6.45) is -13.5. The molecule has 3 aromatic rings. The number of pyridine rings is 2. The first kappa shape index (κ1) is 26.4. The summed E-state index contributed by atoms with van der Waals surface area (Å²) in [5.41, 5.74) is -3.01. The molecule has 9 nitrogen and oxygen atoms in total. The molecular weight excluding hydrogens is 547 g/mol. The third kappa shape index (κ3) is 3.92. The van der Waals surface area contributed by atoms with Gasteiger partial charge < -0.3 is 14.2 Å². The van der Waals surface area contributed by atoms with Crippen LogP contribution >= 0.6 is 7.75 Å². The lowest BCUT2D eigenvalue weighted by molar-refractivity contribution is -0.342. The van der Waals surface area contributed by atoms with Crippen LogP contribution in [0.4, 0.5) is 26.3 Å². The van der Waals surface area contributed by atoms with E-state index in [1.54, 1.807) is 30.3 Å². The number of fused-ring (bicyclic) bond motifs is 5. The summed E-state index contributed by atoms with van der Waals surface area (Å²) in [5, 5.41) is 0.752. The molecule has 1 N–H and O–H groups in total. The van der Waals surface area contributed by atoms with Gasteiger partial charge in [0, 0.05) is 16.5 Å². The van der Waals surface area contributed by atoms with Gasteiger partial charge in [-0.1, -0.05) is 25.1 Å². The van der Waals surface area contributed by atoms with Crippen LogP contribution in [-0.4, -0.2) is 37.7 Å². The molecule has 2 aromatic heterocycles. The number of para-hydroxylation sites is 1. The Kier molecular flexibility index (Phi) is 5.80. The molecule has 0 amide bonds. The molecule has 0 radical (unpaired) electrons.